The Balaban J connectivity index is 2.13. The van der Waals surface area contributed by atoms with Crippen LogP contribution in [0.5, 0.6) is 0 Å². The van der Waals surface area contributed by atoms with E-state index in [1.807, 2.05) is 12.1 Å². The minimum absolute atomic E-state index is 0.272. The third-order valence-electron chi connectivity index (χ3n) is 2.92. The summed E-state index contributed by atoms with van der Waals surface area (Å²) in [4.78, 5) is 1.29. The Bertz CT molecular complexity index is 555. The fourth-order valence-electron chi connectivity index (χ4n) is 1.82. The highest BCUT2D eigenvalue weighted by Crippen LogP contribution is 2.29. The van der Waals surface area contributed by atoms with Crippen LogP contribution in [-0.2, 0) is 0 Å². The van der Waals surface area contributed by atoms with E-state index in [9.17, 15) is 0 Å². The van der Waals surface area contributed by atoms with Gasteiger partial charge < -0.3 is 5.32 Å². The molecule has 2 rings (SSSR count). The molecular weight excluding hydrogens is 386 g/mol. The van der Waals surface area contributed by atoms with Gasteiger partial charge in [0.25, 0.3) is 0 Å². The summed E-state index contributed by atoms with van der Waals surface area (Å²) in [6, 6.07) is 15.1. The van der Waals surface area contributed by atoms with E-state index >= 15 is 0 Å². The summed E-state index contributed by atoms with van der Waals surface area (Å²) in [6.45, 7) is 2.17. The van der Waals surface area contributed by atoms with Crippen molar-refractivity contribution in [1.29, 1.82) is 0 Å². The molecule has 0 bridgehead atoms. The second-order valence-corrected chi connectivity index (χ2v) is 6.91. The highest BCUT2D eigenvalue weighted by molar-refractivity contribution is 9.11. The number of nitrogens with one attached hydrogen (secondary N) is 1. The van der Waals surface area contributed by atoms with Gasteiger partial charge in [-0.2, -0.15) is 0 Å². The van der Waals surface area contributed by atoms with Crippen LogP contribution in [0.25, 0.3) is 0 Å². The maximum Gasteiger partial charge on any atom is 0.0490 e. The van der Waals surface area contributed by atoms with E-state index in [0.29, 0.717) is 0 Å². The molecule has 4 heteroatoms. The number of anilines is 1. The van der Waals surface area contributed by atoms with E-state index in [2.05, 4.69) is 80.7 Å². The molecule has 0 aliphatic rings. The van der Waals surface area contributed by atoms with Crippen molar-refractivity contribution in [2.24, 2.45) is 0 Å². The first-order valence-corrected chi connectivity index (χ1v) is 8.77. The molecule has 1 atom stereocenters. The van der Waals surface area contributed by atoms with Gasteiger partial charge in [-0.25, -0.2) is 0 Å². The van der Waals surface area contributed by atoms with E-state index in [4.69, 9.17) is 0 Å². The molecule has 19 heavy (non-hydrogen) atoms. The van der Waals surface area contributed by atoms with Crippen LogP contribution in [0.4, 0.5) is 5.69 Å². The van der Waals surface area contributed by atoms with Gasteiger partial charge in [0.05, 0.1) is 0 Å². The Labute approximate surface area is 135 Å². The molecular formula is C15H15Br2NS. The van der Waals surface area contributed by atoms with Crippen LogP contribution in [0, 0.1) is 0 Å². The molecule has 0 saturated heterocycles. The fraction of sp³-hybridized carbons (Fsp3) is 0.200. The van der Waals surface area contributed by atoms with Gasteiger partial charge in [-0.1, -0.05) is 28.1 Å². The lowest BCUT2D eigenvalue weighted by Crippen LogP contribution is -2.06. The number of hydrogen-bond donors (Lipinski definition) is 1. The number of rotatable bonds is 4. The monoisotopic (exact) mass is 399 g/mol. The Hall–Kier alpha value is -0.450. The largest absolute Gasteiger partial charge is 0.378 e. The highest BCUT2D eigenvalue weighted by Gasteiger charge is 2.07. The predicted molar refractivity (Wildman–Crippen MR) is 92.1 cm³/mol. The van der Waals surface area contributed by atoms with E-state index in [1.54, 1.807) is 11.8 Å². The smallest absolute Gasteiger partial charge is 0.0490 e. The van der Waals surface area contributed by atoms with Crippen LogP contribution < -0.4 is 5.32 Å². The number of halogens is 2. The van der Waals surface area contributed by atoms with Gasteiger partial charge in [0.1, 0.15) is 0 Å². The van der Waals surface area contributed by atoms with Crippen molar-refractivity contribution in [3.8, 4) is 0 Å². The van der Waals surface area contributed by atoms with Crippen LogP contribution in [-0.4, -0.2) is 6.26 Å². The van der Waals surface area contributed by atoms with E-state index < -0.39 is 0 Å². The van der Waals surface area contributed by atoms with Gasteiger partial charge in [-0.3, -0.25) is 0 Å². The van der Waals surface area contributed by atoms with E-state index in [-0.39, 0.29) is 6.04 Å². The first-order chi connectivity index (χ1) is 9.10. The molecule has 0 heterocycles. The molecule has 0 aliphatic heterocycles. The van der Waals surface area contributed by atoms with Crippen LogP contribution in [0.1, 0.15) is 18.5 Å². The Kier molecular flexibility index (Phi) is 5.37. The van der Waals surface area contributed by atoms with Crippen LogP contribution in [0.2, 0.25) is 0 Å². The zero-order chi connectivity index (χ0) is 13.8. The lowest BCUT2D eigenvalue weighted by molar-refractivity contribution is 0.881. The Morgan fingerprint density at radius 3 is 2.32 bits per heavy atom. The Morgan fingerprint density at radius 1 is 1.05 bits per heavy atom. The Morgan fingerprint density at radius 2 is 1.74 bits per heavy atom. The number of thioether (sulfide) groups is 1. The summed E-state index contributed by atoms with van der Waals surface area (Å²) >= 11 is 8.80. The summed E-state index contributed by atoms with van der Waals surface area (Å²) < 4.78 is 2.14. The summed E-state index contributed by atoms with van der Waals surface area (Å²) in [5.41, 5.74) is 2.39. The third-order valence-corrected chi connectivity index (χ3v) is 4.81. The quantitative estimate of drug-likeness (QED) is 0.621. The normalized spacial score (nSPS) is 12.2. The van der Waals surface area contributed by atoms with Crippen molar-refractivity contribution >= 4 is 49.3 Å². The van der Waals surface area contributed by atoms with E-state index in [1.165, 1.54) is 10.5 Å². The minimum Gasteiger partial charge on any atom is -0.378 e. The molecule has 0 spiro atoms. The molecule has 1 nitrogen and oxygen atoms in total. The van der Waals surface area contributed by atoms with Crippen LogP contribution in [0.3, 0.4) is 0 Å². The van der Waals surface area contributed by atoms with Gasteiger partial charge in [-0.05, 0) is 65.0 Å². The zero-order valence-corrected chi connectivity index (χ0v) is 14.8. The van der Waals surface area contributed by atoms with Gasteiger partial charge in [0.2, 0.25) is 0 Å². The van der Waals surface area contributed by atoms with Crippen molar-refractivity contribution in [3.05, 3.63) is 57.0 Å². The molecule has 2 aromatic carbocycles. The van der Waals surface area contributed by atoms with Crippen molar-refractivity contribution in [2.45, 2.75) is 17.9 Å². The topological polar surface area (TPSA) is 12.0 Å². The van der Waals surface area contributed by atoms with Crippen molar-refractivity contribution in [3.63, 3.8) is 0 Å². The average Bonchev–Trinajstić information content (AvgIpc) is 2.42. The minimum atomic E-state index is 0.272. The van der Waals surface area contributed by atoms with Gasteiger partial charge in [0, 0.05) is 25.6 Å². The molecule has 1 N–H and O–H groups in total. The second-order valence-electron chi connectivity index (χ2n) is 4.26. The van der Waals surface area contributed by atoms with Crippen LogP contribution in [0.15, 0.2) is 56.3 Å². The summed E-state index contributed by atoms with van der Waals surface area (Å²) in [7, 11) is 0. The average molecular weight is 401 g/mol. The summed E-state index contributed by atoms with van der Waals surface area (Å²) in [5, 5.41) is 3.52. The van der Waals surface area contributed by atoms with Crippen molar-refractivity contribution in [2.75, 3.05) is 11.6 Å². The first kappa shape index (κ1) is 14.9. The SMILES string of the molecule is CSc1ccc(C(C)Nc2ccc(Br)cc2Br)cc1. The lowest BCUT2D eigenvalue weighted by Gasteiger charge is -2.17. The molecule has 0 radical (unpaired) electrons. The molecule has 1 unspecified atom stereocenters. The van der Waals surface area contributed by atoms with Gasteiger partial charge >= 0.3 is 0 Å². The van der Waals surface area contributed by atoms with Crippen molar-refractivity contribution in [1.82, 2.24) is 0 Å². The maximum absolute atomic E-state index is 3.58. The summed E-state index contributed by atoms with van der Waals surface area (Å²) in [5.74, 6) is 0. The fourth-order valence-corrected chi connectivity index (χ4v) is 3.39. The molecule has 0 saturated carbocycles. The predicted octanol–water partition coefficient (Wildman–Crippen LogP) is 6.11. The van der Waals surface area contributed by atoms with E-state index in [0.717, 1.165) is 14.6 Å². The number of benzene rings is 2. The first-order valence-electron chi connectivity index (χ1n) is 5.95. The lowest BCUT2D eigenvalue weighted by atomic mass is 10.1. The van der Waals surface area contributed by atoms with Gasteiger partial charge in [0.15, 0.2) is 0 Å². The molecule has 0 aromatic heterocycles. The van der Waals surface area contributed by atoms with Crippen LogP contribution >= 0.6 is 43.6 Å². The highest BCUT2D eigenvalue weighted by atomic mass is 79.9. The standard InChI is InChI=1S/C15H15Br2NS/c1-10(11-3-6-13(19-2)7-4-11)18-15-8-5-12(16)9-14(15)17/h3-10,18H,1-2H3. The summed E-state index contributed by atoms with van der Waals surface area (Å²) in [6.07, 6.45) is 2.09. The molecule has 2 aromatic rings. The third kappa shape index (κ3) is 4.01. The number of hydrogen-bond acceptors (Lipinski definition) is 2. The molecule has 0 aliphatic carbocycles. The van der Waals surface area contributed by atoms with Gasteiger partial charge in [-0.15, -0.1) is 11.8 Å². The maximum atomic E-state index is 3.58. The van der Waals surface area contributed by atoms with Crippen molar-refractivity contribution < 1.29 is 0 Å². The molecule has 0 amide bonds. The zero-order valence-electron chi connectivity index (χ0n) is 10.8. The second kappa shape index (κ2) is 6.82. The molecule has 100 valence electrons. The molecule has 0 fully saturated rings.